The van der Waals surface area contributed by atoms with Crippen molar-refractivity contribution in [3.63, 3.8) is 0 Å². The molecule has 2 aromatic carbocycles. The summed E-state index contributed by atoms with van der Waals surface area (Å²) >= 11 is 6.60. The quantitative estimate of drug-likeness (QED) is 0.301. The van der Waals surface area contributed by atoms with Crippen LogP contribution in [0.5, 0.6) is 6.01 Å². The number of nitrogens with zero attached hydrogens (tertiary/aromatic N) is 4. The molecule has 1 fully saturated rings. The molecule has 5 aromatic rings. The Balaban J connectivity index is 1.20. The number of nitrogens with one attached hydrogen (secondary N) is 2. The molecule has 194 valence electrons. The Hall–Kier alpha value is -3.99. The number of aromatic amines is 2. The second-order valence-corrected chi connectivity index (χ2v) is 9.80. The van der Waals surface area contributed by atoms with Crippen molar-refractivity contribution in [3.8, 4) is 34.1 Å². The van der Waals surface area contributed by atoms with Gasteiger partial charge in [-0.1, -0.05) is 54.9 Å². The monoisotopic (exact) mass is 532 g/mol. The smallest absolute Gasteiger partial charge is 0.361 e. The average Bonchev–Trinajstić information content (AvgIpc) is 3.53. The number of fused-ring (bicyclic) bond motifs is 1. The van der Waals surface area contributed by atoms with E-state index in [4.69, 9.17) is 26.1 Å². The van der Waals surface area contributed by atoms with Crippen LogP contribution in [0.3, 0.4) is 0 Å². The van der Waals surface area contributed by atoms with Crippen LogP contribution in [0.2, 0.25) is 5.02 Å². The summed E-state index contributed by atoms with van der Waals surface area (Å²) < 4.78 is 13.3. The average molecular weight is 533 g/mol. The molecular weight excluding hydrogens is 508 g/mol. The first kappa shape index (κ1) is 24.4. The predicted octanol–water partition coefficient (Wildman–Crippen LogP) is 3.98. The second-order valence-electron chi connectivity index (χ2n) is 9.39. The maximum absolute atomic E-state index is 11.3. The van der Waals surface area contributed by atoms with Crippen molar-refractivity contribution >= 4 is 22.8 Å². The summed E-state index contributed by atoms with van der Waals surface area (Å²) in [6.07, 6.45) is 1.90. The summed E-state index contributed by atoms with van der Waals surface area (Å²) in [5, 5.41) is 12.5. The minimum atomic E-state index is -0.390. The summed E-state index contributed by atoms with van der Waals surface area (Å²) in [5.41, 5.74) is 5.16. The Bertz CT molecular complexity index is 1630. The fourth-order valence-electron chi connectivity index (χ4n) is 4.69. The van der Waals surface area contributed by atoms with E-state index < -0.39 is 0 Å². The van der Waals surface area contributed by atoms with Gasteiger partial charge in [-0.2, -0.15) is 9.97 Å². The molecule has 3 aromatic heterocycles. The summed E-state index contributed by atoms with van der Waals surface area (Å²) in [6, 6.07) is 17.9. The zero-order valence-corrected chi connectivity index (χ0v) is 21.2. The molecule has 10 nitrogen and oxygen atoms in total. The van der Waals surface area contributed by atoms with E-state index >= 15 is 0 Å². The van der Waals surface area contributed by atoms with E-state index in [1.54, 1.807) is 10.7 Å². The van der Waals surface area contributed by atoms with Crippen LogP contribution in [0.25, 0.3) is 39.2 Å². The molecule has 0 unspecified atom stereocenters. The number of rotatable bonds is 6. The molecule has 1 saturated heterocycles. The lowest BCUT2D eigenvalue weighted by molar-refractivity contribution is -0.0958. The minimum Gasteiger partial charge on any atom is -0.459 e. The number of H-pyrrole nitrogens is 2. The summed E-state index contributed by atoms with van der Waals surface area (Å²) in [6.45, 7) is 2.43. The molecule has 4 heterocycles. The Labute approximate surface area is 222 Å². The van der Waals surface area contributed by atoms with Crippen LogP contribution in [0.4, 0.5) is 0 Å². The molecule has 38 heavy (non-hydrogen) atoms. The number of aliphatic hydroxyl groups is 1. The Morgan fingerprint density at radius 3 is 2.47 bits per heavy atom. The number of ether oxygens (including phenoxy) is 2. The third kappa shape index (κ3) is 4.81. The van der Waals surface area contributed by atoms with Gasteiger partial charge in [0.2, 0.25) is 0 Å². The van der Waals surface area contributed by atoms with Crippen molar-refractivity contribution in [1.82, 2.24) is 29.7 Å². The van der Waals surface area contributed by atoms with Crippen molar-refractivity contribution in [3.05, 3.63) is 76.4 Å². The topological polar surface area (TPSA) is 131 Å². The molecule has 3 atom stereocenters. The maximum atomic E-state index is 11.3. The second kappa shape index (κ2) is 10.1. The number of pyridine rings is 1. The highest BCUT2D eigenvalue weighted by Gasteiger charge is 2.29. The Morgan fingerprint density at radius 1 is 1.11 bits per heavy atom. The van der Waals surface area contributed by atoms with Gasteiger partial charge in [0.1, 0.15) is 12.4 Å². The molecule has 0 amide bonds. The van der Waals surface area contributed by atoms with Gasteiger partial charge >= 0.3 is 5.69 Å². The van der Waals surface area contributed by atoms with Gasteiger partial charge in [-0.15, -0.1) is 0 Å². The third-order valence-corrected chi connectivity index (χ3v) is 7.06. The van der Waals surface area contributed by atoms with E-state index in [-0.39, 0.29) is 30.4 Å². The van der Waals surface area contributed by atoms with Gasteiger partial charge in [0, 0.05) is 5.56 Å². The van der Waals surface area contributed by atoms with Crippen LogP contribution >= 0.6 is 11.6 Å². The standard InChI is InChI=1S/C27H25ClN6O4/c1-15-10-20(13-37-23(15)12-35)38-27-30-22-11-21(28)24(31-25(22)32-27)18-4-2-16(3-5-18)17-6-8-19(9-7-17)34-14-29-26(36)33-34/h2-9,11,14-15,20,23,35H,10,12-13H2,1H3,(H,33,36)(H,30,31,32)/t15-,20+,23+/m0/s1. The SMILES string of the molecule is C[C@H]1C[C@@H](Oc2nc3nc(-c4ccc(-c5ccc(-n6cnc(=O)[nH]6)cc5)cc4)c(Cl)cc3[nH]2)CO[C@@H]1CO. The molecule has 1 aliphatic heterocycles. The lowest BCUT2D eigenvalue weighted by atomic mass is 9.95. The fraction of sp³-hybridized carbons (Fsp3) is 0.259. The Morgan fingerprint density at radius 2 is 1.82 bits per heavy atom. The molecule has 1 aliphatic rings. The highest BCUT2D eigenvalue weighted by molar-refractivity contribution is 6.33. The van der Waals surface area contributed by atoms with Crippen LogP contribution < -0.4 is 10.4 Å². The first-order chi connectivity index (χ1) is 18.5. The van der Waals surface area contributed by atoms with E-state index in [2.05, 4.69) is 20.1 Å². The molecule has 6 rings (SSSR count). The van der Waals surface area contributed by atoms with Crippen LogP contribution in [0.1, 0.15) is 13.3 Å². The molecule has 0 aliphatic carbocycles. The van der Waals surface area contributed by atoms with E-state index in [1.165, 1.54) is 6.33 Å². The molecule has 3 N–H and O–H groups in total. The van der Waals surface area contributed by atoms with Gasteiger partial charge in [0.05, 0.1) is 41.2 Å². The molecule has 0 radical (unpaired) electrons. The van der Waals surface area contributed by atoms with Crippen molar-refractivity contribution in [2.45, 2.75) is 25.6 Å². The number of halogens is 1. The zero-order valence-electron chi connectivity index (χ0n) is 20.5. The van der Waals surface area contributed by atoms with Gasteiger partial charge < -0.3 is 19.6 Å². The first-order valence-corrected chi connectivity index (χ1v) is 12.6. The lowest BCUT2D eigenvalue weighted by Crippen LogP contribution is -2.40. The van der Waals surface area contributed by atoms with Gasteiger partial charge in [-0.25, -0.2) is 19.6 Å². The van der Waals surface area contributed by atoms with Gasteiger partial charge in [0.15, 0.2) is 5.65 Å². The van der Waals surface area contributed by atoms with Gasteiger partial charge in [-0.05, 0) is 41.7 Å². The number of hydrogen-bond acceptors (Lipinski definition) is 7. The van der Waals surface area contributed by atoms with Crippen LogP contribution in [-0.2, 0) is 4.74 Å². The molecule has 0 saturated carbocycles. The number of aromatic nitrogens is 6. The van der Waals surface area contributed by atoms with Crippen LogP contribution in [0.15, 0.2) is 65.7 Å². The molecule has 11 heteroatoms. The highest BCUT2D eigenvalue weighted by Crippen LogP contribution is 2.32. The Kier molecular flexibility index (Phi) is 6.44. The third-order valence-electron chi connectivity index (χ3n) is 6.77. The summed E-state index contributed by atoms with van der Waals surface area (Å²) in [5.74, 6) is 0.186. The summed E-state index contributed by atoms with van der Waals surface area (Å²) in [7, 11) is 0. The van der Waals surface area contributed by atoms with E-state index in [9.17, 15) is 9.90 Å². The number of hydrogen-bond donors (Lipinski definition) is 3. The van der Waals surface area contributed by atoms with E-state index in [0.717, 1.165) is 28.8 Å². The van der Waals surface area contributed by atoms with E-state index in [0.29, 0.717) is 34.5 Å². The predicted molar refractivity (Wildman–Crippen MR) is 143 cm³/mol. The van der Waals surface area contributed by atoms with Crippen LogP contribution in [0, 0.1) is 5.92 Å². The first-order valence-electron chi connectivity index (χ1n) is 12.3. The van der Waals surface area contributed by atoms with Gasteiger partial charge in [0.25, 0.3) is 6.01 Å². The van der Waals surface area contributed by atoms with Crippen molar-refractivity contribution < 1.29 is 14.6 Å². The number of benzene rings is 2. The highest BCUT2D eigenvalue weighted by atomic mass is 35.5. The molecule has 0 spiro atoms. The van der Waals surface area contributed by atoms with Gasteiger partial charge in [-0.3, -0.25) is 0 Å². The molecular formula is C27H25ClN6O4. The maximum Gasteiger partial charge on any atom is 0.361 e. The largest absolute Gasteiger partial charge is 0.459 e. The normalized spacial score (nSPS) is 19.6. The lowest BCUT2D eigenvalue weighted by Gasteiger charge is -2.32. The number of aliphatic hydroxyl groups excluding tert-OH is 1. The fourth-order valence-corrected chi connectivity index (χ4v) is 4.95. The number of imidazole rings is 1. The summed E-state index contributed by atoms with van der Waals surface area (Å²) in [4.78, 5) is 27.3. The van der Waals surface area contributed by atoms with Crippen molar-refractivity contribution in [1.29, 1.82) is 0 Å². The zero-order chi connectivity index (χ0) is 26.2. The van der Waals surface area contributed by atoms with Crippen molar-refractivity contribution in [2.24, 2.45) is 5.92 Å². The minimum absolute atomic E-state index is 0.00629. The molecule has 0 bridgehead atoms. The van der Waals surface area contributed by atoms with E-state index in [1.807, 2.05) is 55.5 Å². The van der Waals surface area contributed by atoms with Crippen molar-refractivity contribution in [2.75, 3.05) is 13.2 Å². The van der Waals surface area contributed by atoms with Crippen LogP contribution in [-0.4, -0.2) is 60.2 Å².